The van der Waals surface area contributed by atoms with E-state index in [0.717, 1.165) is 101 Å². The number of para-hydroxylation sites is 3. The lowest BCUT2D eigenvalue weighted by atomic mass is 9.82. The van der Waals surface area contributed by atoms with E-state index in [4.69, 9.17) is 15.0 Å². The molecule has 452 valence electrons. The number of benzene rings is 11. The SMILES string of the molecule is Brc1ccc(-c2cc(-c3ccccc3)nc(-c3ccccc3)n2)cc1.Brc1ccc(-c2cn3ccccc3n2)cc1.Brc1ccc(-c2nc3ccccc3n2-c2ccccc2)cc1.Brc1ccc2c(c1)sc1ccccc12.CC1(C)c2ccccc2-c2ccc(Br)cc21. The molecule has 6 nitrogen and oxygen atoms in total. The number of thiophene rings is 1. The van der Waals surface area contributed by atoms with Crippen molar-refractivity contribution in [3.63, 3.8) is 0 Å². The molecule has 5 aromatic heterocycles. The number of hydrogen-bond donors (Lipinski definition) is 0. The molecule has 16 aromatic rings. The van der Waals surface area contributed by atoms with Crippen LogP contribution in [0.25, 0.3) is 110 Å². The molecule has 5 heterocycles. The lowest BCUT2D eigenvalue weighted by Crippen LogP contribution is -2.14. The van der Waals surface area contributed by atoms with E-state index in [0.29, 0.717) is 0 Å². The second-order valence-electron chi connectivity index (χ2n) is 22.5. The van der Waals surface area contributed by atoms with Gasteiger partial charge in [0.25, 0.3) is 0 Å². The fraction of sp³-hybridized carbons (Fsp3) is 0.0370. The molecule has 0 aliphatic heterocycles. The standard InChI is InChI=1S/C22H15BrN2.C19H13BrN2.C15H13Br.C13H9BrN2.C12H7BrS/c23-19-13-11-17(12-14-19)21-15-20(16-7-3-1-4-8-16)24-22(25-21)18-9-5-2-6-10-18;20-15-12-10-14(11-13-15)19-21-17-8-4-5-9-18(17)22(19)16-6-2-1-3-7-16;1-15(2)13-6-4-3-5-11(13)12-8-7-10(16)9-14(12)15;14-11-6-4-10(5-7-11)12-9-16-8-2-1-3-13(16)15-12;13-8-5-6-10-9-3-1-2-4-11(9)14-12(10)7-8/h1-15H;1-13H;3-9H,1-2H3;1-9H;1-7H. The first-order valence-electron chi connectivity index (χ1n) is 30.1. The van der Waals surface area contributed by atoms with Crippen molar-refractivity contribution >= 4 is 128 Å². The number of aromatic nitrogens is 6. The molecule has 1 aliphatic carbocycles. The zero-order valence-electron chi connectivity index (χ0n) is 50.4. The minimum Gasteiger partial charge on any atom is -0.306 e. The number of rotatable bonds is 6. The fourth-order valence-electron chi connectivity index (χ4n) is 11.4. The van der Waals surface area contributed by atoms with Crippen LogP contribution in [0.5, 0.6) is 0 Å². The first-order chi connectivity index (χ1) is 45.4. The predicted molar refractivity (Wildman–Crippen MR) is 407 cm³/mol. The molecule has 0 saturated heterocycles. The highest BCUT2D eigenvalue weighted by Crippen LogP contribution is 2.49. The molecule has 0 amide bonds. The molecule has 0 radical (unpaired) electrons. The van der Waals surface area contributed by atoms with Gasteiger partial charge in [-0.15, -0.1) is 11.3 Å². The fourth-order valence-corrected chi connectivity index (χ4v) is 14.2. The summed E-state index contributed by atoms with van der Waals surface area (Å²) in [6.45, 7) is 4.59. The van der Waals surface area contributed by atoms with E-state index in [2.05, 4.69) is 279 Å². The van der Waals surface area contributed by atoms with Gasteiger partial charge < -0.3 is 4.40 Å². The van der Waals surface area contributed by atoms with Gasteiger partial charge in [-0.1, -0.05) is 282 Å². The van der Waals surface area contributed by atoms with E-state index in [1.807, 2.05) is 149 Å². The number of hydrogen-bond acceptors (Lipinski definition) is 5. The topological polar surface area (TPSA) is 60.9 Å². The Morgan fingerprint density at radius 2 is 0.860 bits per heavy atom. The van der Waals surface area contributed by atoms with Gasteiger partial charge in [-0.25, -0.2) is 19.9 Å². The molecule has 0 N–H and O–H groups in total. The van der Waals surface area contributed by atoms with E-state index in [1.54, 1.807) is 0 Å². The third-order valence-electron chi connectivity index (χ3n) is 16.0. The number of imidazole rings is 2. The van der Waals surface area contributed by atoms with Crippen LogP contribution in [-0.4, -0.2) is 28.9 Å². The summed E-state index contributed by atoms with van der Waals surface area (Å²) in [7, 11) is 0. The van der Waals surface area contributed by atoms with E-state index in [-0.39, 0.29) is 5.41 Å². The summed E-state index contributed by atoms with van der Waals surface area (Å²) in [6, 6.07) is 102. The molecule has 0 atom stereocenters. The summed E-state index contributed by atoms with van der Waals surface area (Å²) in [5, 5.41) is 2.72. The van der Waals surface area contributed by atoms with Crippen molar-refractivity contribution in [2.24, 2.45) is 0 Å². The van der Waals surface area contributed by atoms with E-state index in [1.165, 1.54) is 42.4 Å². The smallest absolute Gasteiger partial charge is 0.160 e. The van der Waals surface area contributed by atoms with Crippen LogP contribution in [0.15, 0.2) is 332 Å². The van der Waals surface area contributed by atoms with Gasteiger partial charge in [0, 0.05) is 93.8 Å². The van der Waals surface area contributed by atoms with Crippen LogP contribution in [0, 0.1) is 0 Å². The van der Waals surface area contributed by atoms with Crippen LogP contribution < -0.4 is 0 Å². The van der Waals surface area contributed by atoms with Crippen molar-refractivity contribution in [1.29, 1.82) is 0 Å². The molecule has 0 unspecified atom stereocenters. The van der Waals surface area contributed by atoms with Gasteiger partial charge in [0.05, 0.1) is 28.1 Å². The van der Waals surface area contributed by atoms with Gasteiger partial charge in [0.2, 0.25) is 0 Å². The second kappa shape index (κ2) is 28.7. The van der Waals surface area contributed by atoms with Crippen molar-refractivity contribution < 1.29 is 0 Å². The Kier molecular flexibility index (Phi) is 19.4. The van der Waals surface area contributed by atoms with Gasteiger partial charge in [0.1, 0.15) is 11.5 Å². The summed E-state index contributed by atoms with van der Waals surface area (Å²) in [5.74, 6) is 1.69. The van der Waals surface area contributed by atoms with Gasteiger partial charge in [0.15, 0.2) is 5.82 Å². The quantitative estimate of drug-likeness (QED) is 0.166. The third-order valence-corrected chi connectivity index (χ3v) is 19.7. The number of fused-ring (bicyclic) bond motifs is 8. The normalized spacial score (nSPS) is 11.7. The van der Waals surface area contributed by atoms with Crippen molar-refractivity contribution in [1.82, 2.24) is 28.9 Å². The highest BCUT2D eigenvalue weighted by molar-refractivity contribution is 9.11. The van der Waals surface area contributed by atoms with Crippen molar-refractivity contribution in [3.8, 4) is 73.4 Å². The Bertz CT molecular complexity index is 5140. The maximum Gasteiger partial charge on any atom is 0.160 e. The number of halogens is 5. The number of pyridine rings is 1. The molecular weight excluding hydrogens is 1490 g/mol. The summed E-state index contributed by atoms with van der Waals surface area (Å²) in [5.41, 5.74) is 18.2. The van der Waals surface area contributed by atoms with E-state index in [9.17, 15) is 0 Å². The summed E-state index contributed by atoms with van der Waals surface area (Å²) in [4.78, 5) is 19.0. The third kappa shape index (κ3) is 14.4. The molecule has 12 heteroatoms. The van der Waals surface area contributed by atoms with Crippen LogP contribution in [0.3, 0.4) is 0 Å². The molecule has 11 aromatic carbocycles. The average Bonchev–Trinajstić information content (AvgIpc) is 1.60. The zero-order chi connectivity index (χ0) is 63.8. The Morgan fingerprint density at radius 1 is 0.355 bits per heavy atom. The molecular formula is C81H57Br5N6S. The first kappa shape index (κ1) is 63.1. The zero-order valence-corrected chi connectivity index (χ0v) is 59.2. The molecule has 17 rings (SSSR count). The Balaban J connectivity index is 0.000000108. The van der Waals surface area contributed by atoms with Gasteiger partial charge in [-0.05, 0) is 131 Å². The summed E-state index contributed by atoms with van der Waals surface area (Å²) < 4.78 is 12.5. The van der Waals surface area contributed by atoms with Crippen LogP contribution in [0.2, 0.25) is 0 Å². The molecule has 0 bridgehead atoms. The molecule has 0 fully saturated rings. The van der Waals surface area contributed by atoms with Crippen LogP contribution in [-0.2, 0) is 5.41 Å². The molecule has 0 spiro atoms. The van der Waals surface area contributed by atoms with Gasteiger partial charge in [-0.2, -0.15) is 0 Å². The van der Waals surface area contributed by atoms with Gasteiger partial charge >= 0.3 is 0 Å². The van der Waals surface area contributed by atoms with E-state index < -0.39 is 0 Å². The Labute approximate surface area is 587 Å². The van der Waals surface area contributed by atoms with Crippen molar-refractivity contribution in [2.75, 3.05) is 0 Å². The first-order valence-corrected chi connectivity index (χ1v) is 34.9. The molecule has 0 saturated carbocycles. The van der Waals surface area contributed by atoms with Crippen LogP contribution in [0.1, 0.15) is 25.0 Å². The van der Waals surface area contributed by atoms with Crippen LogP contribution in [0.4, 0.5) is 0 Å². The van der Waals surface area contributed by atoms with Crippen molar-refractivity contribution in [2.45, 2.75) is 19.3 Å². The molecule has 1 aliphatic rings. The highest BCUT2D eigenvalue weighted by atomic mass is 79.9. The molecule has 93 heavy (non-hydrogen) atoms. The average molecular weight is 1550 g/mol. The number of nitrogens with zero attached hydrogens (tertiary/aromatic N) is 6. The highest BCUT2D eigenvalue weighted by Gasteiger charge is 2.35. The summed E-state index contributed by atoms with van der Waals surface area (Å²) >= 11 is 19.3. The maximum absolute atomic E-state index is 4.84. The minimum absolute atomic E-state index is 0.121. The van der Waals surface area contributed by atoms with Gasteiger partial charge in [-0.3, -0.25) is 4.57 Å². The Morgan fingerprint density at radius 3 is 1.54 bits per heavy atom. The lowest BCUT2D eigenvalue weighted by molar-refractivity contribution is 0.660. The van der Waals surface area contributed by atoms with Crippen molar-refractivity contribution in [3.05, 3.63) is 343 Å². The van der Waals surface area contributed by atoms with Crippen LogP contribution >= 0.6 is 91.0 Å². The second-order valence-corrected chi connectivity index (χ2v) is 28.2. The monoisotopic (exact) mass is 1540 g/mol. The lowest BCUT2D eigenvalue weighted by Gasteiger charge is -2.21. The Hall–Kier alpha value is -8.72. The predicted octanol–water partition coefficient (Wildman–Crippen LogP) is 25.0. The largest absolute Gasteiger partial charge is 0.306 e. The minimum atomic E-state index is 0.121. The maximum atomic E-state index is 4.84. The van der Waals surface area contributed by atoms with E-state index >= 15 is 0 Å². The summed E-state index contributed by atoms with van der Waals surface area (Å²) in [6.07, 6.45) is 4.04.